The number of rotatable bonds is 32. The number of anilines is 1. The van der Waals surface area contributed by atoms with Crippen molar-refractivity contribution in [1.29, 1.82) is 0 Å². The minimum Gasteiger partial charge on any atom is -0.508 e. The van der Waals surface area contributed by atoms with E-state index in [4.69, 9.17) is 34.2 Å². The molecule has 43 heteroatoms. The van der Waals surface area contributed by atoms with E-state index in [-0.39, 0.29) is 77.3 Å². The van der Waals surface area contributed by atoms with Crippen LogP contribution in [0.3, 0.4) is 0 Å². The zero-order valence-electron chi connectivity index (χ0n) is 83.6. The molecule has 7 unspecified atom stereocenters. The summed E-state index contributed by atoms with van der Waals surface area (Å²) in [5.41, 5.74) is 18.5. The smallest absolute Gasteiger partial charge is 0.309 e. The van der Waals surface area contributed by atoms with Crippen LogP contribution in [0.25, 0.3) is 0 Å². The first-order valence-corrected chi connectivity index (χ1v) is 69.4. The Morgan fingerprint density at radius 1 is 0.327 bits per heavy atom. The fourth-order valence-electron chi connectivity index (χ4n) is 13.9. The summed E-state index contributed by atoms with van der Waals surface area (Å²) < 4.78 is 113. The number of benzene rings is 12. The molecule has 796 valence electrons. The summed E-state index contributed by atoms with van der Waals surface area (Å²) in [6, 6.07) is 54.1. The van der Waals surface area contributed by atoms with Gasteiger partial charge in [0.1, 0.15) is 74.7 Å². The first-order valence-electron chi connectivity index (χ1n) is 45.2. The van der Waals surface area contributed by atoms with Gasteiger partial charge in [-0.2, -0.15) is 0 Å². The average Bonchev–Trinajstić information content (AvgIpc) is 0.843. The third kappa shape index (κ3) is 43.5. The van der Waals surface area contributed by atoms with E-state index in [1.54, 1.807) is 97.1 Å². The Hall–Kier alpha value is -3.89. The van der Waals surface area contributed by atoms with Gasteiger partial charge in [-0.1, -0.05) is 67.5 Å². The van der Waals surface area contributed by atoms with Crippen LogP contribution in [0, 0.1) is 63.4 Å². The van der Waals surface area contributed by atoms with Gasteiger partial charge in [-0.15, -0.1) is 0 Å². The number of carbonyl (C=O) groups is 1. The maximum absolute atomic E-state index is 11.7. The molecule has 7 atom stereocenters. The van der Waals surface area contributed by atoms with Crippen LogP contribution in [0.15, 0.2) is 182 Å². The summed E-state index contributed by atoms with van der Waals surface area (Å²) in [5, 5.41) is 61.4. The van der Waals surface area contributed by atoms with Crippen LogP contribution in [0.1, 0.15) is 157 Å². The minimum absolute atomic E-state index is 0.149. The topological polar surface area (TPSA) is 456 Å². The molecule has 0 spiro atoms. The molecule has 0 radical (unpaired) electrons. The van der Waals surface area contributed by atoms with Crippen molar-refractivity contribution in [3.8, 4) is 97.7 Å². The van der Waals surface area contributed by atoms with Crippen LogP contribution in [0.4, 0.5) is 10.5 Å². The standard InChI is InChI=1S/C20H27O4P.C19H24NO5P.C18H21I2O4P.C17H19I2O4P.C15H15I3NO4P.C15H14I3O4P/c1-13(2)18-10-16(6-7-20(18)21)11-19-14(3)8-17(9-15(19)4)24-12-25(5,22)23;1-11(2)16-10-15(6-7-17(16)21)25-18-12(3)8-14(9-13(18)4)20-19(22)26(5,23)24;1-11(2)14-10-13(4-5-17(14)21)24-18-15(19)8-12(9-16(18)20)6-7-25(3,22)23;1-10(2)13-8-12(4-5-16(13)20)23-17-14(18)6-11(7-15(17)19)9-24(3,21)22;1-24(21,22)14(19)6-8-4-11(17)15(12(18)5-8)23-9-2-3-13(20)10(16)7-9;1-23(20,21)5-4-9-6-12(17)15(13(18)7-9)22-10-2-3-14(19)11(16)8-10/h6-10,13,21H,11-12H2,1-5H3,(H,22,23);6-11,21H,1-5H3,(H,20,22)(H,23,24);4-5,8-11,21H,6-7H2,1-3H3,(H,22,23);4-8,10,20H,9H2,1-3H3,(H,21,22);2-5,7,14,20H,6,19H2,1H3,(H,21,22);2-3,6-8,19H,4-5H2,1H3,(H,20,21). The van der Waals surface area contributed by atoms with Crippen molar-refractivity contribution < 1.29 is 121 Å². The summed E-state index contributed by atoms with van der Waals surface area (Å²) in [5.74, 6) is 8.97. The maximum atomic E-state index is 11.7. The average molecular weight is 3250 g/mol. The van der Waals surface area contributed by atoms with Gasteiger partial charge in [0.2, 0.25) is 22.1 Å². The highest BCUT2D eigenvalue weighted by molar-refractivity contribution is 14.1. The van der Waals surface area contributed by atoms with Gasteiger partial charge in [0.15, 0.2) is 44.1 Å². The predicted molar refractivity (Wildman–Crippen MR) is 674 cm³/mol. The van der Waals surface area contributed by atoms with Crippen molar-refractivity contribution >= 4 is 281 Å². The van der Waals surface area contributed by atoms with E-state index in [1.807, 2.05) is 193 Å². The molecular weight excluding hydrogens is 3130 g/mol. The summed E-state index contributed by atoms with van der Waals surface area (Å²) in [6.07, 6.45) is 2.74. The molecule has 1 amide bonds. The fourth-order valence-corrected chi connectivity index (χ4v) is 26.9. The van der Waals surface area contributed by atoms with Gasteiger partial charge in [-0.05, 0) is 534 Å². The number of halogens is 10. The molecule has 0 fully saturated rings. The second-order valence-electron chi connectivity index (χ2n) is 36.7. The number of nitrogens with two attached hydrogens (primary N) is 1. The zero-order valence-corrected chi connectivity index (χ0v) is 111. The van der Waals surface area contributed by atoms with Gasteiger partial charge in [0.05, 0.1) is 41.5 Å². The Morgan fingerprint density at radius 3 is 0.912 bits per heavy atom. The van der Waals surface area contributed by atoms with Crippen molar-refractivity contribution in [2.24, 2.45) is 5.73 Å². The Balaban J connectivity index is 0.000000239. The monoisotopic (exact) mass is 3250 g/mol. The first-order chi connectivity index (χ1) is 67.9. The van der Waals surface area contributed by atoms with Gasteiger partial charge >= 0.3 is 5.65 Å². The lowest BCUT2D eigenvalue weighted by Crippen LogP contribution is -2.22. The van der Waals surface area contributed by atoms with E-state index in [1.165, 1.54) is 38.9 Å². The van der Waals surface area contributed by atoms with Crippen LogP contribution < -0.4 is 39.5 Å². The third-order valence-electron chi connectivity index (χ3n) is 21.5. The molecule has 15 N–H and O–H groups in total. The number of nitrogens with one attached hydrogen (secondary N) is 1. The van der Waals surface area contributed by atoms with Crippen molar-refractivity contribution in [3.05, 3.63) is 296 Å². The van der Waals surface area contributed by atoms with Gasteiger partial charge in [-0.3, -0.25) is 32.2 Å². The Kier molecular flexibility index (Phi) is 51.2. The number of carbonyl (C=O) groups excluding carboxylic acids is 1. The van der Waals surface area contributed by atoms with Gasteiger partial charge in [-0.25, -0.2) is 0 Å². The lowest BCUT2D eigenvalue weighted by molar-refractivity contribution is 0.265. The summed E-state index contributed by atoms with van der Waals surface area (Å²) in [7, 11) is -19.5. The second-order valence-corrected chi connectivity index (χ2v) is 62.9. The van der Waals surface area contributed by atoms with Crippen molar-refractivity contribution in [2.45, 2.75) is 144 Å². The highest BCUT2D eigenvalue weighted by Crippen LogP contribution is 2.49. The van der Waals surface area contributed by atoms with E-state index >= 15 is 0 Å². The highest BCUT2D eigenvalue weighted by Gasteiger charge is 2.28. The molecule has 0 saturated heterocycles. The Morgan fingerprint density at radius 2 is 0.619 bits per heavy atom. The van der Waals surface area contributed by atoms with Crippen molar-refractivity contribution in [3.63, 3.8) is 0 Å². The van der Waals surface area contributed by atoms with E-state index in [2.05, 4.69) is 206 Å². The number of phenolic OH excluding ortho intramolecular Hbond substituents is 6. The molecule has 0 aliphatic carbocycles. The molecule has 12 rings (SSSR count). The molecule has 27 nitrogen and oxygen atoms in total. The molecule has 0 saturated carbocycles. The number of aryl methyl sites for hydroxylation is 6. The van der Waals surface area contributed by atoms with Gasteiger partial charge in [0.25, 0.3) is 7.37 Å². The highest BCUT2D eigenvalue weighted by atomic mass is 127. The molecule has 12 aromatic rings. The molecule has 0 aromatic heterocycles. The van der Waals surface area contributed by atoms with Crippen LogP contribution >= 0.6 is 270 Å². The largest absolute Gasteiger partial charge is 0.508 e. The predicted octanol–water partition coefficient (Wildman–Crippen LogP) is 32.4. The summed E-state index contributed by atoms with van der Waals surface area (Å²) >= 11 is 21.6. The minimum atomic E-state index is -3.84. The summed E-state index contributed by atoms with van der Waals surface area (Å²) in [6.45, 7) is 31.6. The number of phenols is 6. The van der Waals surface area contributed by atoms with Crippen molar-refractivity contribution in [1.82, 2.24) is 0 Å². The van der Waals surface area contributed by atoms with Gasteiger partial charge in [0, 0.05) is 80.9 Å². The van der Waals surface area contributed by atoms with E-state index in [9.17, 15) is 92.2 Å². The summed E-state index contributed by atoms with van der Waals surface area (Å²) in [4.78, 5) is 68.4. The SMILES string of the molecule is CC(C)c1cc(Oc2c(I)cc(CCP(C)(=O)O)cc2I)ccc1O.CC(C)c1cc(Oc2c(I)cc(CP(C)(=O)O)cc2I)ccc1O.CP(=O)(O)C(N)Cc1cc(I)c(Oc2ccc(O)c(I)c2)c(I)c1.CP(=O)(O)CCc1cc(I)c(Oc2ccc(O)c(I)c2)c(I)c1.Cc1cc(NC(=O)P(C)(=O)O)cc(C)c1Oc1ccc(O)c(C(C)C)c1.Cc1cc(OCP(C)(=O)O)cc(C)c1Cc1ccc(O)c(C(C)C)c1. The zero-order chi connectivity index (χ0) is 111. The molecular formula is C104H120I10N2O25P6. The molecule has 0 aliphatic rings. The Labute approximate surface area is 996 Å². The number of aromatic hydroxyl groups is 6. The lowest BCUT2D eigenvalue weighted by atomic mass is 9.93. The fraction of sp³-hybridized carbons (Fsp3) is 0.298. The molecule has 147 heavy (non-hydrogen) atoms. The first kappa shape index (κ1) is 130. The van der Waals surface area contributed by atoms with Crippen LogP contribution in [-0.2, 0) is 59.2 Å². The lowest BCUT2D eigenvalue weighted by Gasteiger charge is -2.17. The van der Waals surface area contributed by atoms with Crippen LogP contribution in [0.2, 0.25) is 0 Å². The van der Waals surface area contributed by atoms with E-state index < -0.39 is 55.6 Å². The van der Waals surface area contributed by atoms with E-state index in [0.29, 0.717) is 86.0 Å². The van der Waals surface area contributed by atoms with Crippen molar-refractivity contribution in [2.75, 3.05) is 64.0 Å². The maximum Gasteiger partial charge on any atom is 0.309 e. The van der Waals surface area contributed by atoms with E-state index in [0.717, 1.165) is 129 Å². The molecule has 0 heterocycles. The number of hydrogen-bond donors (Lipinski definition) is 14. The number of ether oxygens (including phenoxy) is 6. The second kappa shape index (κ2) is 57.9. The van der Waals surface area contributed by atoms with Crippen LogP contribution in [-0.4, -0.2) is 130 Å². The van der Waals surface area contributed by atoms with Gasteiger partial charge < -0.3 is 99.5 Å². The quantitative estimate of drug-likeness (QED) is 0.0138. The molecule has 0 bridgehead atoms. The number of hydrogen-bond acceptors (Lipinski definition) is 20. The molecule has 0 aliphatic heterocycles. The normalized spacial score (nSPS) is 13.8. The third-order valence-corrected chi connectivity index (χ3v) is 35.6. The van der Waals surface area contributed by atoms with Crippen LogP contribution in [0.5, 0.6) is 97.7 Å². The number of amides is 1. The molecule has 12 aromatic carbocycles. The Bertz CT molecular complexity index is 6750.